The molecule has 4 rings (SSSR count). The van der Waals surface area contributed by atoms with Crippen molar-refractivity contribution in [1.29, 1.82) is 0 Å². The monoisotopic (exact) mass is 278 g/mol. The highest BCUT2D eigenvalue weighted by Gasteiger charge is 2.44. The lowest BCUT2D eigenvalue weighted by atomic mass is 9.87. The summed E-state index contributed by atoms with van der Waals surface area (Å²) in [6.45, 7) is 4.59. The summed E-state index contributed by atoms with van der Waals surface area (Å²) < 4.78 is 0.150. The van der Waals surface area contributed by atoms with Gasteiger partial charge in [-0.15, -0.1) is 11.8 Å². The Balaban J connectivity index is 2.01. The SMILES string of the molecule is CC1=C(C)CC2(SC1)c1ccccc1-c1ccccc12. The summed E-state index contributed by atoms with van der Waals surface area (Å²) in [6.07, 6.45) is 1.15. The van der Waals surface area contributed by atoms with E-state index in [9.17, 15) is 0 Å². The average molecular weight is 278 g/mol. The smallest absolute Gasteiger partial charge is 0.0709 e. The van der Waals surface area contributed by atoms with Gasteiger partial charge in [-0.2, -0.15) is 0 Å². The molecule has 0 fully saturated rings. The van der Waals surface area contributed by atoms with Crippen LogP contribution in [0.4, 0.5) is 0 Å². The van der Waals surface area contributed by atoms with Gasteiger partial charge < -0.3 is 0 Å². The van der Waals surface area contributed by atoms with Gasteiger partial charge in [0.2, 0.25) is 0 Å². The van der Waals surface area contributed by atoms with E-state index in [1.165, 1.54) is 22.3 Å². The van der Waals surface area contributed by atoms with Crippen molar-refractivity contribution in [3.8, 4) is 11.1 Å². The van der Waals surface area contributed by atoms with E-state index in [0.29, 0.717) is 0 Å². The van der Waals surface area contributed by atoms with Crippen molar-refractivity contribution < 1.29 is 0 Å². The molecule has 100 valence electrons. The van der Waals surface area contributed by atoms with Gasteiger partial charge >= 0.3 is 0 Å². The second-order valence-electron chi connectivity index (χ2n) is 5.94. The van der Waals surface area contributed by atoms with E-state index in [1.807, 2.05) is 0 Å². The standard InChI is InChI=1S/C19H18S/c1-13-11-19(20-12-14(13)2)17-9-5-3-7-15(17)16-8-4-6-10-18(16)19/h3-10H,11-12H2,1-2H3. The van der Waals surface area contributed by atoms with E-state index in [2.05, 4.69) is 74.1 Å². The third-order valence-electron chi connectivity index (χ3n) is 4.79. The summed E-state index contributed by atoms with van der Waals surface area (Å²) in [5.41, 5.74) is 9.01. The van der Waals surface area contributed by atoms with Crippen molar-refractivity contribution in [2.24, 2.45) is 0 Å². The molecular weight excluding hydrogens is 260 g/mol. The Bertz CT molecular complexity index is 679. The zero-order valence-corrected chi connectivity index (χ0v) is 12.8. The highest BCUT2D eigenvalue weighted by atomic mass is 32.2. The van der Waals surface area contributed by atoms with Gasteiger partial charge in [-0.1, -0.05) is 59.7 Å². The maximum absolute atomic E-state index is 2.33. The predicted octanol–water partition coefficient (Wildman–Crippen LogP) is 5.38. The van der Waals surface area contributed by atoms with Crippen LogP contribution < -0.4 is 0 Å². The van der Waals surface area contributed by atoms with Gasteiger partial charge in [0.1, 0.15) is 0 Å². The molecule has 1 aliphatic carbocycles. The van der Waals surface area contributed by atoms with Gasteiger partial charge in [0, 0.05) is 5.75 Å². The van der Waals surface area contributed by atoms with E-state index in [0.717, 1.165) is 12.2 Å². The van der Waals surface area contributed by atoms with Gasteiger partial charge in [-0.25, -0.2) is 0 Å². The summed E-state index contributed by atoms with van der Waals surface area (Å²) >= 11 is 2.11. The summed E-state index contributed by atoms with van der Waals surface area (Å²) in [7, 11) is 0. The first-order valence-electron chi connectivity index (χ1n) is 7.21. The fraction of sp³-hybridized carbons (Fsp3) is 0.263. The van der Waals surface area contributed by atoms with E-state index < -0.39 is 0 Å². The molecule has 0 saturated heterocycles. The second kappa shape index (κ2) is 4.26. The minimum absolute atomic E-state index is 0.150. The molecule has 2 aromatic rings. The van der Waals surface area contributed by atoms with Crippen molar-refractivity contribution in [2.75, 3.05) is 5.75 Å². The van der Waals surface area contributed by atoms with Crippen LogP contribution in [0.5, 0.6) is 0 Å². The van der Waals surface area contributed by atoms with Crippen LogP contribution in [0.15, 0.2) is 59.7 Å². The first-order chi connectivity index (χ1) is 9.72. The molecule has 0 radical (unpaired) electrons. The topological polar surface area (TPSA) is 0 Å². The number of hydrogen-bond donors (Lipinski definition) is 0. The number of allylic oxidation sites excluding steroid dienone is 1. The van der Waals surface area contributed by atoms with Crippen LogP contribution >= 0.6 is 11.8 Å². The molecule has 1 aliphatic heterocycles. The maximum Gasteiger partial charge on any atom is 0.0709 e. The lowest BCUT2D eigenvalue weighted by Crippen LogP contribution is -2.25. The van der Waals surface area contributed by atoms with E-state index in [1.54, 1.807) is 11.1 Å². The third-order valence-corrected chi connectivity index (χ3v) is 6.45. The van der Waals surface area contributed by atoms with Crippen molar-refractivity contribution in [1.82, 2.24) is 0 Å². The normalized spacial score (nSPS) is 19.1. The summed E-state index contributed by atoms with van der Waals surface area (Å²) in [5, 5.41) is 0. The Hall–Kier alpha value is -1.47. The molecule has 0 bridgehead atoms. The largest absolute Gasteiger partial charge is 0.141 e. The first kappa shape index (κ1) is 12.3. The molecule has 1 spiro atoms. The molecule has 1 heterocycles. The fourth-order valence-electron chi connectivity index (χ4n) is 3.56. The van der Waals surface area contributed by atoms with Gasteiger partial charge in [0.25, 0.3) is 0 Å². The van der Waals surface area contributed by atoms with Gasteiger partial charge in [-0.3, -0.25) is 0 Å². The first-order valence-corrected chi connectivity index (χ1v) is 8.19. The Labute approximate surface area is 124 Å². The Morgan fingerprint density at radius 1 is 0.800 bits per heavy atom. The van der Waals surface area contributed by atoms with Crippen molar-refractivity contribution >= 4 is 11.8 Å². The van der Waals surface area contributed by atoms with E-state index >= 15 is 0 Å². The fourth-order valence-corrected chi connectivity index (χ4v) is 5.26. The molecule has 0 unspecified atom stereocenters. The number of benzene rings is 2. The van der Waals surface area contributed by atoms with E-state index in [4.69, 9.17) is 0 Å². The van der Waals surface area contributed by atoms with Crippen molar-refractivity contribution in [3.63, 3.8) is 0 Å². The highest BCUT2D eigenvalue weighted by molar-refractivity contribution is 8.00. The molecular formula is C19H18S. The van der Waals surface area contributed by atoms with Crippen LogP contribution in [0.1, 0.15) is 31.4 Å². The van der Waals surface area contributed by atoms with E-state index in [-0.39, 0.29) is 4.75 Å². The lowest BCUT2D eigenvalue weighted by molar-refractivity contribution is 0.730. The van der Waals surface area contributed by atoms with Gasteiger partial charge in [-0.05, 0) is 42.5 Å². The zero-order valence-electron chi connectivity index (χ0n) is 11.9. The number of fused-ring (bicyclic) bond motifs is 5. The summed E-state index contributed by atoms with van der Waals surface area (Å²) in [5.74, 6) is 1.15. The molecule has 0 amide bonds. The van der Waals surface area contributed by atoms with Gasteiger partial charge in [0.15, 0.2) is 0 Å². The molecule has 2 aliphatic rings. The van der Waals surface area contributed by atoms with Crippen LogP contribution in [0.25, 0.3) is 11.1 Å². The van der Waals surface area contributed by atoms with Crippen molar-refractivity contribution in [3.05, 3.63) is 70.8 Å². The molecule has 0 saturated carbocycles. The third kappa shape index (κ3) is 1.50. The van der Waals surface area contributed by atoms with Crippen molar-refractivity contribution in [2.45, 2.75) is 25.0 Å². The molecule has 2 aromatic carbocycles. The Kier molecular flexibility index (Phi) is 2.62. The van der Waals surface area contributed by atoms with Crippen LogP contribution in [-0.4, -0.2) is 5.75 Å². The molecule has 0 atom stereocenters. The van der Waals surface area contributed by atoms with Crippen LogP contribution in [0.3, 0.4) is 0 Å². The summed E-state index contributed by atoms with van der Waals surface area (Å²) in [6, 6.07) is 17.9. The molecule has 0 N–H and O–H groups in total. The van der Waals surface area contributed by atoms with Crippen LogP contribution in [-0.2, 0) is 4.75 Å². The maximum atomic E-state index is 2.33. The number of rotatable bonds is 0. The van der Waals surface area contributed by atoms with Gasteiger partial charge in [0.05, 0.1) is 4.75 Å². The average Bonchev–Trinajstić information content (AvgIpc) is 2.75. The second-order valence-corrected chi connectivity index (χ2v) is 7.22. The molecule has 20 heavy (non-hydrogen) atoms. The number of hydrogen-bond acceptors (Lipinski definition) is 1. The lowest BCUT2D eigenvalue weighted by Gasteiger charge is -2.36. The summed E-state index contributed by atoms with van der Waals surface area (Å²) in [4.78, 5) is 0. The van der Waals surface area contributed by atoms with Crippen LogP contribution in [0, 0.1) is 0 Å². The number of thioether (sulfide) groups is 1. The molecule has 1 heteroatoms. The zero-order chi connectivity index (χ0) is 13.7. The van der Waals surface area contributed by atoms with Crippen LogP contribution in [0.2, 0.25) is 0 Å². The minimum atomic E-state index is 0.150. The molecule has 0 aromatic heterocycles. The highest BCUT2D eigenvalue weighted by Crippen LogP contribution is 2.59. The minimum Gasteiger partial charge on any atom is -0.141 e. The predicted molar refractivity (Wildman–Crippen MR) is 88.1 cm³/mol. The quantitative estimate of drug-likeness (QED) is 0.583. The Morgan fingerprint density at radius 2 is 1.35 bits per heavy atom. The Morgan fingerprint density at radius 3 is 1.90 bits per heavy atom. The molecule has 0 nitrogen and oxygen atoms in total.